The number of amides is 3. The van der Waals surface area contributed by atoms with Gasteiger partial charge < -0.3 is 32.5 Å². The van der Waals surface area contributed by atoms with Crippen molar-refractivity contribution in [3.8, 4) is 0 Å². The molecule has 3 amide bonds. The second kappa shape index (κ2) is 13.0. The van der Waals surface area contributed by atoms with Crippen molar-refractivity contribution in [2.45, 2.75) is 64.6 Å². The van der Waals surface area contributed by atoms with E-state index < -0.39 is 41.8 Å². The van der Waals surface area contributed by atoms with Gasteiger partial charge in [0, 0.05) is 0 Å². The fraction of sp³-hybridized carbons (Fsp3) is 0.765. The Balaban J connectivity index is 4.89. The number of aliphatic carboxylic acids is 1. The molecule has 0 saturated carbocycles. The van der Waals surface area contributed by atoms with Crippen molar-refractivity contribution < 1.29 is 24.3 Å². The maximum atomic E-state index is 12.4. The number of carboxylic acids is 1. The fourth-order valence-electron chi connectivity index (χ4n) is 2.36. The van der Waals surface area contributed by atoms with Crippen molar-refractivity contribution in [2.75, 3.05) is 13.1 Å². The number of carboxylic acid groups (broad SMARTS) is 1. The molecule has 10 nitrogen and oxygen atoms in total. The molecule has 0 heterocycles. The third-order valence-electron chi connectivity index (χ3n) is 4.31. The number of hydrogen-bond acceptors (Lipinski definition) is 6. The van der Waals surface area contributed by atoms with Gasteiger partial charge in [0.15, 0.2) is 0 Å². The molecule has 4 unspecified atom stereocenters. The van der Waals surface area contributed by atoms with Crippen LogP contribution in [0.3, 0.4) is 0 Å². The molecule has 0 saturated heterocycles. The fourth-order valence-corrected chi connectivity index (χ4v) is 2.36. The van der Waals surface area contributed by atoms with Gasteiger partial charge in [-0.2, -0.15) is 0 Å². The molecular weight excluding hydrogens is 354 g/mol. The Morgan fingerprint density at radius 2 is 1.59 bits per heavy atom. The maximum Gasteiger partial charge on any atom is 0.326 e. The zero-order valence-corrected chi connectivity index (χ0v) is 16.3. The molecule has 27 heavy (non-hydrogen) atoms. The Hall–Kier alpha value is -2.20. The summed E-state index contributed by atoms with van der Waals surface area (Å²) in [5.41, 5.74) is 10.7. The van der Waals surface area contributed by atoms with Crippen molar-refractivity contribution in [3.05, 3.63) is 0 Å². The summed E-state index contributed by atoms with van der Waals surface area (Å²) in [7, 11) is 0. The van der Waals surface area contributed by atoms with Crippen LogP contribution in [0.2, 0.25) is 0 Å². The van der Waals surface area contributed by atoms with Gasteiger partial charge in [0.1, 0.15) is 18.1 Å². The molecule has 8 N–H and O–H groups in total. The van der Waals surface area contributed by atoms with E-state index in [0.29, 0.717) is 32.2 Å². The molecule has 0 aliphatic carbocycles. The average Bonchev–Trinajstić information content (AvgIpc) is 2.63. The van der Waals surface area contributed by atoms with E-state index in [2.05, 4.69) is 16.0 Å². The summed E-state index contributed by atoms with van der Waals surface area (Å²) in [6.45, 7) is 5.20. The Morgan fingerprint density at radius 3 is 2.07 bits per heavy atom. The molecule has 4 atom stereocenters. The topological polar surface area (TPSA) is 177 Å². The van der Waals surface area contributed by atoms with Gasteiger partial charge >= 0.3 is 5.97 Å². The molecule has 0 aromatic carbocycles. The van der Waals surface area contributed by atoms with E-state index in [1.165, 1.54) is 6.92 Å². The van der Waals surface area contributed by atoms with Gasteiger partial charge in [-0.05, 0) is 38.6 Å². The number of hydrogen-bond donors (Lipinski definition) is 6. The largest absolute Gasteiger partial charge is 0.480 e. The molecule has 0 aliphatic rings. The predicted octanol–water partition coefficient (Wildman–Crippen LogP) is -1.32. The zero-order valence-electron chi connectivity index (χ0n) is 16.3. The van der Waals surface area contributed by atoms with Gasteiger partial charge in [0.25, 0.3) is 0 Å². The highest BCUT2D eigenvalue weighted by molar-refractivity contribution is 5.93. The summed E-state index contributed by atoms with van der Waals surface area (Å²) in [5, 5.41) is 16.7. The van der Waals surface area contributed by atoms with Gasteiger partial charge in [-0.1, -0.05) is 20.3 Å². The monoisotopic (exact) mass is 387 g/mol. The van der Waals surface area contributed by atoms with Gasteiger partial charge in [-0.3, -0.25) is 14.4 Å². The second-order valence-electron chi connectivity index (χ2n) is 6.55. The highest BCUT2D eigenvalue weighted by Gasteiger charge is 2.29. The van der Waals surface area contributed by atoms with Gasteiger partial charge in [-0.25, -0.2) is 4.79 Å². The lowest BCUT2D eigenvalue weighted by molar-refractivity contribution is -0.143. The summed E-state index contributed by atoms with van der Waals surface area (Å²) in [6, 6.07) is -2.85. The number of carbonyl (C=O) groups is 4. The van der Waals surface area contributed by atoms with Crippen LogP contribution in [-0.4, -0.2) is 60.0 Å². The standard InChI is InChI=1S/C17H33N5O5/c1-4-10(2)14(17(26)27)22-15(24)11(3)20-16(25)12(7-5-6-8-18)21-13(23)9-19/h10-12,14H,4-9,18-19H2,1-3H3,(H,20,25)(H,21,23)(H,22,24)(H,26,27). The summed E-state index contributed by atoms with van der Waals surface area (Å²) in [5.74, 6) is -3.02. The Labute approximate surface area is 159 Å². The van der Waals surface area contributed by atoms with Crippen LogP contribution in [-0.2, 0) is 19.2 Å². The Morgan fingerprint density at radius 1 is 0.963 bits per heavy atom. The number of unbranched alkanes of at least 4 members (excludes halogenated alkanes) is 1. The van der Waals surface area contributed by atoms with Crippen LogP contribution >= 0.6 is 0 Å². The van der Waals surface area contributed by atoms with E-state index in [0.717, 1.165) is 0 Å². The van der Waals surface area contributed by atoms with Crippen LogP contribution in [0.4, 0.5) is 0 Å². The van der Waals surface area contributed by atoms with Crippen molar-refractivity contribution in [1.82, 2.24) is 16.0 Å². The van der Waals surface area contributed by atoms with Crippen LogP contribution < -0.4 is 27.4 Å². The predicted molar refractivity (Wildman–Crippen MR) is 101 cm³/mol. The molecule has 0 aliphatic heterocycles. The minimum atomic E-state index is -1.13. The van der Waals surface area contributed by atoms with Crippen molar-refractivity contribution in [3.63, 3.8) is 0 Å². The van der Waals surface area contributed by atoms with E-state index in [1.807, 2.05) is 6.92 Å². The highest BCUT2D eigenvalue weighted by atomic mass is 16.4. The van der Waals surface area contributed by atoms with Gasteiger partial charge in [0.05, 0.1) is 6.54 Å². The van der Waals surface area contributed by atoms with Gasteiger partial charge in [-0.15, -0.1) is 0 Å². The third kappa shape index (κ3) is 9.34. The van der Waals surface area contributed by atoms with E-state index in [4.69, 9.17) is 11.5 Å². The molecule has 0 aromatic heterocycles. The number of nitrogens with two attached hydrogens (primary N) is 2. The van der Waals surface area contributed by atoms with Crippen molar-refractivity contribution >= 4 is 23.7 Å². The van der Waals surface area contributed by atoms with Crippen molar-refractivity contribution in [2.24, 2.45) is 17.4 Å². The lowest BCUT2D eigenvalue weighted by atomic mass is 9.99. The molecule has 0 aromatic rings. The Kier molecular flexibility index (Phi) is 12.0. The number of carbonyl (C=O) groups excluding carboxylic acids is 3. The van der Waals surface area contributed by atoms with E-state index in [-0.39, 0.29) is 12.5 Å². The number of nitrogens with one attached hydrogen (secondary N) is 3. The van der Waals surface area contributed by atoms with Gasteiger partial charge in [0.2, 0.25) is 17.7 Å². The quantitative estimate of drug-likeness (QED) is 0.212. The van der Waals surface area contributed by atoms with Crippen LogP contribution in [0.15, 0.2) is 0 Å². The number of rotatable bonds is 13. The second-order valence-corrected chi connectivity index (χ2v) is 6.55. The van der Waals surface area contributed by atoms with E-state index in [1.54, 1.807) is 6.92 Å². The minimum absolute atomic E-state index is 0.258. The molecule has 0 radical (unpaired) electrons. The van der Waals surface area contributed by atoms with Crippen molar-refractivity contribution in [1.29, 1.82) is 0 Å². The molecule has 0 fully saturated rings. The minimum Gasteiger partial charge on any atom is -0.480 e. The molecular formula is C17H33N5O5. The van der Waals surface area contributed by atoms with Crippen LogP contribution in [0, 0.1) is 5.92 Å². The molecule has 0 spiro atoms. The van der Waals surface area contributed by atoms with E-state index in [9.17, 15) is 24.3 Å². The first-order chi connectivity index (χ1) is 12.7. The van der Waals surface area contributed by atoms with Crippen LogP contribution in [0.5, 0.6) is 0 Å². The summed E-state index contributed by atoms with van der Waals surface area (Å²) >= 11 is 0. The first-order valence-electron chi connectivity index (χ1n) is 9.20. The lowest BCUT2D eigenvalue weighted by Gasteiger charge is -2.24. The molecule has 0 bridgehead atoms. The lowest BCUT2D eigenvalue weighted by Crippen LogP contribution is -2.56. The third-order valence-corrected chi connectivity index (χ3v) is 4.31. The zero-order chi connectivity index (χ0) is 21.0. The normalized spacial score (nSPS) is 15.1. The first kappa shape index (κ1) is 24.8. The summed E-state index contributed by atoms with van der Waals surface area (Å²) in [4.78, 5) is 47.5. The molecule has 10 heteroatoms. The average molecular weight is 387 g/mol. The van der Waals surface area contributed by atoms with E-state index >= 15 is 0 Å². The Bertz CT molecular complexity index is 514. The van der Waals surface area contributed by atoms with Crippen LogP contribution in [0.25, 0.3) is 0 Å². The SMILES string of the molecule is CCC(C)C(NC(=O)C(C)NC(=O)C(CCCCN)NC(=O)CN)C(=O)O. The summed E-state index contributed by atoms with van der Waals surface area (Å²) in [6.07, 6.45) is 2.24. The maximum absolute atomic E-state index is 12.4. The first-order valence-corrected chi connectivity index (χ1v) is 9.20. The summed E-state index contributed by atoms with van der Waals surface area (Å²) < 4.78 is 0. The smallest absolute Gasteiger partial charge is 0.326 e. The molecule has 0 rings (SSSR count). The highest BCUT2D eigenvalue weighted by Crippen LogP contribution is 2.08. The van der Waals surface area contributed by atoms with Crippen LogP contribution in [0.1, 0.15) is 46.5 Å². The molecule has 156 valence electrons.